The molecule has 3 nitrogen and oxygen atoms in total. The smallest absolute Gasteiger partial charge is 0.0874 e. The van der Waals surface area contributed by atoms with Gasteiger partial charge in [-0.1, -0.05) is 0 Å². The van der Waals surface area contributed by atoms with Gasteiger partial charge in [0.05, 0.1) is 12.1 Å². The van der Waals surface area contributed by atoms with E-state index in [1.54, 1.807) is 0 Å². The fourth-order valence-electron chi connectivity index (χ4n) is 0.731. The fourth-order valence-corrected chi connectivity index (χ4v) is 0.731. The van der Waals surface area contributed by atoms with Crippen LogP contribution in [-0.4, -0.2) is 24.8 Å². The lowest BCUT2D eigenvalue weighted by Gasteiger charge is -1.91. The van der Waals surface area contributed by atoms with Crippen molar-refractivity contribution in [1.29, 1.82) is 0 Å². The van der Waals surface area contributed by atoms with Crippen molar-refractivity contribution in [2.45, 2.75) is 5.54 Å². The lowest BCUT2D eigenvalue weighted by Crippen LogP contribution is -2.22. The normalized spacial score (nSPS) is 44.6. The second kappa shape index (κ2) is 0.816. The van der Waals surface area contributed by atoms with E-state index in [0.29, 0.717) is 5.54 Å². The summed E-state index contributed by atoms with van der Waals surface area (Å²) < 4.78 is 0. The SMILES string of the molecule is C1=NNCC12CN2. The van der Waals surface area contributed by atoms with Gasteiger partial charge in [0.15, 0.2) is 0 Å². The molecule has 2 rings (SSSR count). The quantitative estimate of drug-likeness (QED) is 0.377. The lowest BCUT2D eigenvalue weighted by molar-refractivity contribution is 0.733. The van der Waals surface area contributed by atoms with Gasteiger partial charge in [-0.3, -0.25) is 0 Å². The monoisotopic (exact) mass is 97.1 g/mol. The van der Waals surface area contributed by atoms with Crippen molar-refractivity contribution < 1.29 is 0 Å². The molecule has 0 aromatic rings. The van der Waals surface area contributed by atoms with Crippen molar-refractivity contribution in [2.75, 3.05) is 13.1 Å². The Bertz CT molecular complexity index is 114. The van der Waals surface area contributed by atoms with Crippen molar-refractivity contribution in [3.05, 3.63) is 0 Å². The average molecular weight is 97.1 g/mol. The summed E-state index contributed by atoms with van der Waals surface area (Å²) in [6.45, 7) is 2.08. The first-order valence-corrected chi connectivity index (χ1v) is 2.43. The molecule has 2 N–H and O–H groups in total. The highest BCUT2D eigenvalue weighted by molar-refractivity contribution is 5.76. The largest absolute Gasteiger partial charge is 0.308 e. The summed E-state index contributed by atoms with van der Waals surface area (Å²) in [6.07, 6.45) is 1.94. The van der Waals surface area contributed by atoms with Gasteiger partial charge < -0.3 is 10.7 Å². The van der Waals surface area contributed by atoms with Crippen molar-refractivity contribution in [3.63, 3.8) is 0 Å². The summed E-state index contributed by atoms with van der Waals surface area (Å²) in [5.74, 6) is 0. The first-order valence-electron chi connectivity index (χ1n) is 2.43. The summed E-state index contributed by atoms with van der Waals surface area (Å²) in [4.78, 5) is 0. The standard InChI is InChI=1S/C4H7N3/c1-4(5-1)2-6-7-3-4/h2,5,7H,1,3H2. The third kappa shape index (κ3) is 0.354. The van der Waals surface area contributed by atoms with E-state index in [-0.39, 0.29) is 0 Å². The van der Waals surface area contributed by atoms with Crippen LogP contribution in [0.1, 0.15) is 0 Å². The molecule has 0 bridgehead atoms. The van der Waals surface area contributed by atoms with Crippen molar-refractivity contribution in [2.24, 2.45) is 5.10 Å². The molecule has 2 aliphatic heterocycles. The second-order valence-corrected chi connectivity index (χ2v) is 2.10. The molecular weight excluding hydrogens is 90.1 g/mol. The molecule has 2 heterocycles. The Balaban J connectivity index is 2.22. The molecule has 2 aliphatic rings. The maximum absolute atomic E-state index is 3.86. The third-order valence-electron chi connectivity index (χ3n) is 1.43. The highest BCUT2D eigenvalue weighted by Crippen LogP contribution is 2.14. The van der Waals surface area contributed by atoms with Crippen LogP contribution in [0.15, 0.2) is 5.10 Å². The van der Waals surface area contributed by atoms with E-state index in [1.165, 1.54) is 0 Å². The van der Waals surface area contributed by atoms with Crippen LogP contribution >= 0.6 is 0 Å². The molecule has 0 saturated carbocycles. The van der Waals surface area contributed by atoms with E-state index in [4.69, 9.17) is 0 Å². The van der Waals surface area contributed by atoms with Gasteiger partial charge in [0.2, 0.25) is 0 Å². The lowest BCUT2D eigenvalue weighted by atomic mass is 10.2. The van der Waals surface area contributed by atoms with Gasteiger partial charge in [0.1, 0.15) is 0 Å². The summed E-state index contributed by atoms with van der Waals surface area (Å²) in [5.41, 5.74) is 3.17. The van der Waals surface area contributed by atoms with Crippen molar-refractivity contribution in [1.82, 2.24) is 10.7 Å². The Labute approximate surface area is 41.8 Å². The minimum absolute atomic E-state index is 0.292. The predicted molar refractivity (Wildman–Crippen MR) is 27.2 cm³/mol. The van der Waals surface area contributed by atoms with Crippen LogP contribution in [0.3, 0.4) is 0 Å². The Hall–Kier alpha value is -0.570. The van der Waals surface area contributed by atoms with Crippen molar-refractivity contribution in [3.8, 4) is 0 Å². The van der Waals surface area contributed by atoms with Gasteiger partial charge in [-0.05, 0) is 0 Å². The molecule has 0 aromatic heterocycles. The van der Waals surface area contributed by atoms with E-state index in [2.05, 4.69) is 15.8 Å². The third-order valence-corrected chi connectivity index (χ3v) is 1.43. The average Bonchev–Trinajstić information content (AvgIpc) is 2.15. The van der Waals surface area contributed by atoms with E-state index < -0.39 is 0 Å². The van der Waals surface area contributed by atoms with Crippen LogP contribution in [0.5, 0.6) is 0 Å². The number of hydrogen-bond donors (Lipinski definition) is 2. The first kappa shape index (κ1) is 3.43. The first-order chi connectivity index (χ1) is 3.41. The molecule has 0 radical (unpaired) electrons. The number of nitrogens with zero attached hydrogens (tertiary/aromatic N) is 1. The minimum atomic E-state index is 0.292. The summed E-state index contributed by atoms with van der Waals surface area (Å²) in [7, 11) is 0. The molecule has 0 aliphatic carbocycles. The zero-order valence-electron chi connectivity index (χ0n) is 3.94. The van der Waals surface area contributed by atoms with Crippen LogP contribution in [0.25, 0.3) is 0 Å². The highest BCUT2D eigenvalue weighted by Gasteiger charge is 2.42. The molecule has 1 fully saturated rings. The number of nitrogens with one attached hydrogen (secondary N) is 2. The van der Waals surface area contributed by atoms with Crippen LogP contribution in [0, 0.1) is 0 Å². The van der Waals surface area contributed by atoms with E-state index >= 15 is 0 Å². The maximum atomic E-state index is 3.86. The van der Waals surface area contributed by atoms with Crippen LogP contribution in [0.2, 0.25) is 0 Å². The fraction of sp³-hybridized carbons (Fsp3) is 0.750. The van der Waals surface area contributed by atoms with Crippen molar-refractivity contribution >= 4 is 6.21 Å². The maximum Gasteiger partial charge on any atom is 0.0874 e. The number of rotatable bonds is 0. The topological polar surface area (TPSA) is 46.3 Å². The minimum Gasteiger partial charge on any atom is -0.308 e. The Morgan fingerprint density at radius 2 is 2.43 bits per heavy atom. The second-order valence-electron chi connectivity index (χ2n) is 2.10. The van der Waals surface area contributed by atoms with Gasteiger partial charge in [-0.25, -0.2) is 0 Å². The molecular formula is C4H7N3. The molecule has 0 aromatic carbocycles. The Morgan fingerprint density at radius 1 is 1.57 bits per heavy atom. The molecule has 3 heteroatoms. The number of hydrogen-bond acceptors (Lipinski definition) is 3. The molecule has 0 amide bonds. The highest BCUT2D eigenvalue weighted by atomic mass is 15.4. The van der Waals surface area contributed by atoms with Gasteiger partial charge in [-0.2, -0.15) is 5.10 Å². The van der Waals surface area contributed by atoms with Gasteiger partial charge in [0, 0.05) is 12.8 Å². The summed E-state index contributed by atoms with van der Waals surface area (Å²) >= 11 is 0. The number of hydrazone groups is 1. The van der Waals surface area contributed by atoms with Crippen LogP contribution in [0.4, 0.5) is 0 Å². The zero-order chi connectivity index (χ0) is 4.74. The zero-order valence-corrected chi connectivity index (χ0v) is 3.94. The van der Waals surface area contributed by atoms with Gasteiger partial charge >= 0.3 is 0 Å². The van der Waals surface area contributed by atoms with Gasteiger partial charge in [-0.15, -0.1) is 0 Å². The summed E-state index contributed by atoms with van der Waals surface area (Å²) in [5, 5.41) is 7.06. The Kier molecular flexibility index (Phi) is 0.400. The molecule has 7 heavy (non-hydrogen) atoms. The predicted octanol–water partition coefficient (Wildman–Crippen LogP) is -1.08. The molecule has 38 valence electrons. The van der Waals surface area contributed by atoms with E-state index in [1.807, 2.05) is 6.21 Å². The summed E-state index contributed by atoms with van der Waals surface area (Å²) in [6, 6.07) is 0. The molecule has 1 spiro atoms. The van der Waals surface area contributed by atoms with Crippen LogP contribution in [-0.2, 0) is 0 Å². The molecule has 1 atom stereocenters. The molecule has 1 saturated heterocycles. The van der Waals surface area contributed by atoms with E-state index in [9.17, 15) is 0 Å². The van der Waals surface area contributed by atoms with Crippen LogP contribution < -0.4 is 10.7 Å². The molecule has 1 unspecified atom stereocenters. The van der Waals surface area contributed by atoms with E-state index in [0.717, 1.165) is 13.1 Å². The van der Waals surface area contributed by atoms with Gasteiger partial charge in [0.25, 0.3) is 0 Å². The Morgan fingerprint density at radius 3 is 2.71 bits per heavy atom.